The van der Waals surface area contributed by atoms with E-state index in [1.807, 2.05) is 23.2 Å². The van der Waals surface area contributed by atoms with Gasteiger partial charge in [0.1, 0.15) is 0 Å². The van der Waals surface area contributed by atoms with Crippen LogP contribution in [0.3, 0.4) is 0 Å². The SMILES string of the molecule is CCCN(CCC)NNC(=O)c1ccccc1. The van der Waals surface area contributed by atoms with Gasteiger partial charge in [0.05, 0.1) is 0 Å². The number of hydrogen-bond donors (Lipinski definition) is 2. The van der Waals surface area contributed by atoms with E-state index in [1.165, 1.54) is 0 Å². The molecule has 0 unspecified atom stereocenters. The Morgan fingerprint density at radius 3 is 2.24 bits per heavy atom. The van der Waals surface area contributed by atoms with Crippen molar-refractivity contribution in [2.45, 2.75) is 26.7 Å². The summed E-state index contributed by atoms with van der Waals surface area (Å²) in [6, 6.07) is 9.18. The number of nitrogens with one attached hydrogen (secondary N) is 2. The van der Waals surface area contributed by atoms with E-state index < -0.39 is 0 Å². The van der Waals surface area contributed by atoms with Crippen LogP contribution in [0.1, 0.15) is 37.0 Å². The average molecular weight is 235 g/mol. The molecular weight excluding hydrogens is 214 g/mol. The lowest BCUT2D eigenvalue weighted by Gasteiger charge is -2.22. The maximum absolute atomic E-state index is 11.8. The first-order chi connectivity index (χ1) is 8.27. The van der Waals surface area contributed by atoms with E-state index in [0.29, 0.717) is 5.56 Å². The van der Waals surface area contributed by atoms with Gasteiger partial charge in [-0.2, -0.15) is 5.53 Å². The van der Waals surface area contributed by atoms with Gasteiger partial charge in [0, 0.05) is 18.7 Å². The second-order valence-corrected chi connectivity index (χ2v) is 3.92. The molecule has 1 aromatic carbocycles. The first-order valence-corrected chi connectivity index (χ1v) is 6.14. The third-order valence-corrected chi connectivity index (χ3v) is 2.35. The summed E-state index contributed by atoms with van der Waals surface area (Å²) in [5.41, 5.74) is 6.32. The molecule has 0 spiro atoms. The summed E-state index contributed by atoms with van der Waals surface area (Å²) < 4.78 is 0. The van der Waals surface area contributed by atoms with Crippen molar-refractivity contribution in [2.75, 3.05) is 13.1 Å². The molecule has 1 amide bonds. The van der Waals surface area contributed by atoms with Gasteiger partial charge in [0.2, 0.25) is 0 Å². The van der Waals surface area contributed by atoms with Crippen molar-refractivity contribution in [1.82, 2.24) is 16.0 Å². The van der Waals surface area contributed by atoms with Gasteiger partial charge in [-0.25, -0.2) is 5.01 Å². The Morgan fingerprint density at radius 2 is 1.71 bits per heavy atom. The molecule has 0 aromatic heterocycles. The maximum atomic E-state index is 11.8. The van der Waals surface area contributed by atoms with Crippen LogP contribution in [0.25, 0.3) is 0 Å². The molecule has 0 aliphatic heterocycles. The second-order valence-electron chi connectivity index (χ2n) is 3.92. The third-order valence-electron chi connectivity index (χ3n) is 2.35. The first-order valence-electron chi connectivity index (χ1n) is 6.14. The van der Waals surface area contributed by atoms with Crippen LogP contribution in [-0.2, 0) is 0 Å². The highest BCUT2D eigenvalue weighted by molar-refractivity contribution is 5.93. The van der Waals surface area contributed by atoms with Gasteiger partial charge in [-0.15, -0.1) is 0 Å². The number of rotatable bonds is 7. The Hall–Kier alpha value is -1.39. The zero-order valence-corrected chi connectivity index (χ0v) is 10.6. The molecule has 0 saturated heterocycles. The predicted octanol–water partition coefficient (Wildman–Crippen LogP) is 1.96. The van der Waals surface area contributed by atoms with E-state index in [4.69, 9.17) is 0 Å². The van der Waals surface area contributed by atoms with Crippen molar-refractivity contribution in [3.63, 3.8) is 0 Å². The molecule has 1 rings (SSSR count). The molecule has 17 heavy (non-hydrogen) atoms. The van der Waals surface area contributed by atoms with Crippen molar-refractivity contribution in [3.8, 4) is 0 Å². The molecule has 0 aliphatic rings. The molecule has 2 N–H and O–H groups in total. The van der Waals surface area contributed by atoms with Gasteiger partial charge in [-0.1, -0.05) is 32.0 Å². The summed E-state index contributed by atoms with van der Waals surface area (Å²) in [6.07, 6.45) is 2.10. The van der Waals surface area contributed by atoms with Gasteiger partial charge in [-0.3, -0.25) is 10.2 Å². The van der Waals surface area contributed by atoms with Crippen LogP contribution in [0.4, 0.5) is 0 Å². The monoisotopic (exact) mass is 235 g/mol. The smallest absolute Gasteiger partial charge is 0.266 e. The summed E-state index contributed by atoms with van der Waals surface area (Å²) in [6.45, 7) is 6.07. The number of hydrogen-bond acceptors (Lipinski definition) is 3. The normalized spacial score (nSPS) is 10.5. The van der Waals surface area contributed by atoms with Gasteiger partial charge in [0.25, 0.3) is 5.91 Å². The number of carbonyl (C=O) groups excluding carboxylic acids is 1. The van der Waals surface area contributed by atoms with Gasteiger partial charge in [-0.05, 0) is 25.0 Å². The standard InChI is InChI=1S/C13H21N3O/c1-3-10-16(11-4-2)15-14-13(17)12-8-6-5-7-9-12/h5-9,15H,3-4,10-11H2,1-2H3,(H,14,17). The van der Waals surface area contributed by atoms with Crippen LogP contribution >= 0.6 is 0 Å². The minimum absolute atomic E-state index is 0.109. The Kier molecular flexibility index (Phi) is 6.29. The fraction of sp³-hybridized carbons (Fsp3) is 0.462. The molecular formula is C13H21N3O. The summed E-state index contributed by atoms with van der Waals surface area (Å²) in [7, 11) is 0. The van der Waals surface area contributed by atoms with E-state index in [0.717, 1.165) is 25.9 Å². The van der Waals surface area contributed by atoms with Gasteiger partial charge >= 0.3 is 0 Å². The lowest BCUT2D eigenvalue weighted by Crippen LogP contribution is -2.50. The summed E-state index contributed by atoms with van der Waals surface area (Å²) in [5, 5.41) is 2.01. The highest BCUT2D eigenvalue weighted by Gasteiger charge is 2.06. The highest BCUT2D eigenvalue weighted by atomic mass is 16.2. The molecule has 94 valence electrons. The van der Waals surface area contributed by atoms with Crippen LogP contribution in [0.5, 0.6) is 0 Å². The van der Waals surface area contributed by atoms with Gasteiger partial charge in [0.15, 0.2) is 0 Å². The van der Waals surface area contributed by atoms with Crippen LogP contribution in [0.15, 0.2) is 30.3 Å². The fourth-order valence-electron chi connectivity index (χ4n) is 1.55. The Bertz CT molecular complexity index is 321. The van der Waals surface area contributed by atoms with E-state index in [1.54, 1.807) is 12.1 Å². The minimum Gasteiger partial charge on any atom is -0.274 e. The quantitative estimate of drug-likeness (QED) is 0.710. The van der Waals surface area contributed by atoms with Crippen molar-refractivity contribution in [2.24, 2.45) is 0 Å². The van der Waals surface area contributed by atoms with Crippen molar-refractivity contribution >= 4 is 5.91 Å². The molecule has 0 bridgehead atoms. The first kappa shape index (κ1) is 13.7. The molecule has 0 aliphatic carbocycles. The topological polar surface area (TPSA) is 44.4 Å². The molecule has 1 aromatic rings. The zero-order valence-electron chi connectivity index (χ0n) is 10.6. The van der Waals surface area contributed by atoms with E-state index in [9.17, 15) is 4.79 Å². The minimum atomic E-state index is -0.109. The van der Waals surface area contributed by atoms with Crippen LogP contribution < -0.4 is 11.0 Å². The Labute approximate surface area is 103 Å². The van der Waals surface area contributed by atoms with Crippen molar-refractivity contribution in [3.05, 3.63) is 35.9 Å². The lowest BCUT2D eigenvalue weighted by molar-refractivity contribution is 0.0817. The molecule has 0 radical (unpaired) electrons. The Morgan fingerprint density at radius 1 is 1.12 bits per heavy atom. The number of carbonyl (C=O) groups is 1. The Balaban J connectivity index is 2.41. The summed E-state index contributed by atoms with van der Waals surface area (Å²) in [4.78, 5) is 11.8. The molecule has 4 heteroatoms. The number of benzene rings is 1. The number of hydrazine groups is 2. The number of nitrogens with zero attached hydrogens (tertiary/aromatic N) is 1. The third kappa shape index (κ3) is 4.97. The van der Waals surface area contributed by atoms with E-state index >= 15 is 0 Å². The average Bonchev–Trinajstić information content (AvgIpc) is 2.37. The second kappa shape index (κ2) is 7.81. The van der Waals surface area contributed by atoms with E-state index in [2.05, 4.69) is 24.8 Å². The predicted molar refractivity (Wildman–Crippen MR) is 69.2 cm³/mol. The van der Waals surface area contributed by atoms with Crippen LogP contribution in [-0.4, -0.2) is 24.0 Å². The highest BCUT2D eigenvalue weighted by Crippen LogP contribution is 1.97. The molecule has 0 fully saturated rings. The van der Waals surface area contributed by atoms with Crippen molar-refractivity contribution < 1.29 is 4.79 Å². The molecule has 0 heterocycles. The van der Waals surface area contributed by atoms with E-state index in [-0.39, 0.29) is 5.91 Å². The molecule has 0 saturated carbocycles. The zero-order chi connectivity index (χ0) is 12.5. The maximum Gasteiger partial charge on any atom is 0.266 e. The fourth-order valence-corrected chi connectivity index (χ4v) is 1.55. The summed E-state index contributed by atoms with van der Waals surface area (Å²) in [5.74, 6) is -0.109. The largest absolute Gasteiger partial charge is 0.274 e. The molecule has 4 nitrogen and oxygen atoms in total. The lowest BCUT2D eigenvalue weighted by atomic mass is 10.2. The van der Waals surface area contributed by atoms with Crippen LogP contribution in [0, 0.1) is 0 Å². The summed E-state index contributed by atoms with van der Waals surface area (Å²) >= 11 is 0. The van der Waals surface area contributed by atoms with Crippen molar-refractivity contribution in [1.29, 1.82) is 0 Å². The molecule has 0 atom stereocenters. The van der Waals surface area contributed by atoms with Crippen LogP contribution in [0.2, 0.25) is 0 Å². The number of amides is 1. The van der Waals surface area contributed by atoms with Gasteiger partial charge < -0.3 is 0 Å².